The van der Waals surface area contributed by atoms with Crippen LogP contribution in [0.25, 0.3) is 11.3 Å². The van der Waals surface area contributed by atoms with Gasteiger partial charge in [-0.25, -0.2) is 18.7 Å². The van der Waals surface area contributed by atoms with E-state index in [-0.39, 0.29) is 23.0 Å². The Morgan fingerprint density at radius 3 is 2.72 bits per heavy atom. The summed E-state index contributed by atoms with van der Waals surface area (Å²) in [6.45, 7) is 0. The van der Waals surface area contributed by atoms with Gasteiger partial charge in [-0.3, -0.25) is 0 Å². The summed E-state index contributed by atoms with van der Waals surface area (Å²) in [6, 6.07) is 4.46. The second-order valence-corrected chi connectivity index (χ2v) is 3.46. The summed E-state index contributed by atoms with van der Waals surface area (Å²) in [5.41, 5.74) is -0.0727. The molecule has 0 spiro atoms. The molecule has 0 amide bonds. The van der Waals surface area contributed by atoms with Gasteiger partial charge in [0.1, 0.15) is 5.69 Å². The molecule has 0 bridgehead atoms. The highest BCUT2D eigenvalue weighted by atomic mass is 19.1. The van der Waals surface area contributed by atoms with E-state index in [1.165, 1.54) is 19.2 Å². The highest BCUT2D eigenvalue weighted by Gasteiger charge is 2.16. The van der Waals surface area contributed by atoms with Crippen molar-refractivity contribution < 1.29 is 13.5 Å². The van der Waals surface area contributed by atoms with E-state index in [0.717, 1.165) is 6.20 Å². The molecule has 0 aliphatic carbocycles. The van der Waals surface area contributed by atoms with Crippen LogP contribution in [0.5, 0.6) is 5.75 Å². The van der Waals surface area contributed by atoms with E-state index < -0.39 is 11.6 Å². The lowest BCUT2D eigenvalue weighted by atomic mass is 10.1. The summed E-state index contributed by atoms with van der Waals surface area (Å²) >= 11 is 0. The molecule has 0 aliphatic rings. The van der Waals surface area contributed by atoms with Gasteiger partial charge in [-0.1, -0.05) is 6.07 Å². The van der Waals surface area contributed by atoms with Crippen molar-refractivity contribution in [2.45, 2.75) is 0 Å². The van der Waals surface area contributed by atoms with E-state index in [9.17, 15) is 8.78 Å². The number of halogens is 2. The Hall–Kier alpha value is -2.24. The number of nitrogens with one attached hydrogen (secondary N) is 1. The molecule has 4 nitrogen and oxygen atoms in total. The monoisotopic (exact) mass is 251 g/mol. The molecule has 0 radical (unpaired) electrons. The first kappa shape index (κ1) is 12.2. The fourth-order valence-corrected chi connectivity index (χ4v) is 1.53. The largest absolute Gasteiger partial charge is 0.494 e. The maximum atomic E-state index is 14.0. The van der Waals surface area contributed by atoms with Crippen LogP contribution in [0.15, 0.2) is 24.4 Å². The van der Waals surface area contributed by atoms with Crippen molar-refractivity contribution in [1.82, 2.24) is 9.97 Å². The second-order valence-electron chi connectivity index (χ2n) is 3.46. The van der Waals surface area contributed by atoms with Crippen LogP contribution in [-0.2, 0) is 0 Å². The first-order chi connectivity index (χ1) is 8.67. The average molecular weight is 251 g/mol. The summed E-state index contributed by atoms with van der Waals surface area (Å²) in [5.74, 6) is -1.09. The molecule has 2 aromatic rings. The average Bonchev–Trinajstić information content (AvgIpc) is 2.40. The number of anilines is 1. The molecule has 6 heteroatoms. The minimum Gasteiger partial charge on any atom is -0.494 e. The maximum Gasteiger partial charge on any atom is 0.223 e. The van der Waals surface area contributed by atoms with Crippen molar-refractivity contribution in [2.24, 2.45) is 0 Å². The Morgan fingerprint density at radius 1 is 1.28 bits per heavy atom. The molecule has 1 aromatic carbocycles. The normalized spacial score (nSPS) is 10.2. The summed E-state index contributed by atoms with van der Waals surface area (Å²) < 4.78 is 32.5. The number of hydrogen-bond acceptors (Lipinski definition) is 4. The maximum absolute atomic E-state index is 14.0. The zero-order chi connectivity index (χ0) is 13.1. The number of rotatable bonds is 3. The number of ether oxygens (including phenoxy) is 1. The lowest BCUT2D eigenvalue weighted by Crippen LogP contribution is -2.01. The van der Waals surface area contributed by atoms with Gasteiger partial charge in [0, 0.05) is 12.6 Å². The van der Waals surface area contributed by atoms with Crippen LogP contribution in [-0.4, -0.2) is 24.1 Å². The zero-order valence-corrected chi connectivity index (χ0v) is 9.87. The third kappa shape index (κ3) is 2.09. The van der Waals surface area contributed by atoms with Gasteiger partial charge in [-0.2, -0.15) is 0 Å². The quantitative estimate of drug-likeness (QED) is 0.910. The lowest BCUT2D eigenvalue weighted by Gasteiger charge is -2.08. The van der Waals surface area contributed by atoms with E-state index in [4.69, 9.17) is 4.74 Å². The van der Waals surface area contributed by atoms with Gasteiger partial charge < -0.3 is 10.1 Å². The molecule has 0 saturated heterocycles. The number of nitrogens with zero attached hydrogens (tertiary/aromatic N) is 2. The second kappa shape index (κ2) is 4.95. The molecule has 1 aromatic heterocycles. The molecule has 2 rings (SSSR count). The standard InChI is InChI=1S/C12H11F2N3O/c1-15-12-16-6-8(13)11(17-12)7-4-3-5-9(18-2)10(7)14/h3-6H,1-2H3,(H,15,16,17). The summed E-state index contributed by atoms with van der Waals surface area (Å²) in [4.78, 5) is 7.61. The molecule has 0 atom stereocenters. The van der Waals surface area contributed by atoms with Crippen molar-refractivity contribution >= 4 is 5.95 Å². The number of aromatic nitrogens is 2. The Morgan fingerprint density at radius 2 is 2.06 bits per heavy atom. The molecular weight excluding hydrogens is 240 g/mol. The fourth-order valence-electron chi connectivity index (χ4n) is 1.53. The van der Waals surface area contributed by atoms with Gasteiger partial charge >= 0.3 is 0 Å². The predicted molar refractivity (Wildman–Crippen MR) is 63.5 cm³/mol. The van der Waals surface area contributed by atoms with E-state index in [2.05, 4.69) is 15.3 Å². The number of benzene rings is 1. The van der Waals surface area contributed by atoms with Gasteiger partial charge in [-0.15, -0.1) is 0 Å². The van der Waals surface area contributed by atoms with Crippen molar-refractivity contribution in [2.75, 3.05) is 19.5 Å². The first-order valence-electron chi connectivity index (χ1n) is 5.20. The van der Waals surface area contributed by atoms with Crippen molar-refractivity contribution in [3.05, 3.63) is 36.0 Å². The molecular formula is C12H11F2N3O. The first-order valence-corrected chi connectivity index (χ1v) is 5.20. The van der Waals surface area contributed by atoms with Gasteiger partial charge in [0.25, 0.3) is 0 Å². The van der Waals surface area contributed by atoms with Crippen molar-refractivity contribution in [3.8, 4) is 17.0 Å². The van der Waals surface area contributed by atoms with Gasteiger partial charge in [0.2, 0.25) is 5.95 Å². The molecule has 1 heterocycles. The summed E-state index contributed by atoms with van der Waals surface area (Å²) in [7, 11) is 2.94. The zero-order valence-electron chi connectivity index (χ0n) is 9.87. The van der Waals surface area contributed by atoms with Crippen LogP contribution in [0.1, 0.15) is 0 Å². The van der Waals surface area contributed by atoms with Crippen molar-refractivity contribution in [1.29, 1.82) is 0 Å². The predicted octanol–water partition coefficient (Wildman–Crippen LogP) is 2.47. The third-order valence-electron chi connectivity index (χ3n) is 2.41. The Bertz CT molecular complexity index is 575. The highest BCUT2D eigenvalue weighted by Crippen LogP contribution is 2.29. The minimum atomic E-state index is -0.693. The molecule has 0 unspecified atom stereocenters. The summed E-state index contributed by atoms with van der Waals surface area (Å²) in [5, 5.41) is 2.67. The fraction of sp³-hybridized carbons (Fsp3) is 0.167. The minimum absolute atomic E-state index is 0.0331. The molecule has 18 heavy (non-hydrogen) atoms. The molecule has 0 fully saturated rings. The van der Waals surface area contributed by atoms with Crippen LogP contribution < -0.4 is 10.1 Å². The Labute approximate surface area is 103 Å². The molecule has 94 valence electrons. The van der Waals surface area contributed by atoms with Crippen molar-refractivity contribution in [3.63, 3.8) is 0 Å². The Kier molecular flexibility index (Phi) is 3.36. The topological polar surface area (TPSA) is 47.0 Å². The van der Waals surface area contributed by atoms with E-state index >= 15 is 0 Å². The SMILES string of the molecule is CNc1ncc(F)c(-c2cccc(OC)c2F)n1. The van der Waals surface area contributed by atoms with E-state index in [1.54, 1.807) is 13.1 Å². The van der Waals surface area contributed by atoms with Gasteiger partial charge in [0.15, 0.2) is 17.4 Å². The molecule has 0 aliphatic heterocycles. The van der Waals surface area contributed by atoms with Crippen LogP contribution in [0, 0.1) is 11.6 Å². The van der Waals surface area contributed by atoms with Gasteiger partial charge in [-0.05, 0) is 12.1 Å². The van der Waals surface area contributed by atoms with E-state index in [0.29, 0.717) is 0 Å². The lowest BCUT2D eigenvalue weighted by molar-refractivity contribution is 0.387. The highest BCUT2D eigenvalue weighted by molar-refractivity contribution is 5.63. The Balaban J connectivity index is 2.61. The van der Waals surface area contributed by atoms with Gasteiger partial charge in [0.05, 0.1) is 13.3 Å². The third-order valence-corrected chi connectivity index (χ3v) is 2.41. The molecule has 0 saturated carbocycles. The summed E-state index contributed by atoms with van der Waals surface area (Å²) in [6.07, 6.45) is 0.993. The van der Waals surface area contributed by atoms with Crippen LogP contribution in [0.3, 0.4) is 0 Å². The van der Waals surface area contributed by atoms with Crippen LogP contribution >= 0.6 is 0 Å². The smallest absolute Gasteiger partial charge is 0.223 e. The molecule has 1 N–H and O–H groups in total. The van der Waals surface area contributed by atoms with Crippen LogP contribution in [0.4, 0.5) is 14.7 Å². The number of hydrogen-bond donors (Lipinski definition) is 1. The van der Waals surface area contributed by atoms with Crippen LogP contribution in [0.2, 0.25) is 0 Å². The van der Waals surface area contributed by atoms with E-state index in [1.807, 2.05) is 0 Å². The number of methoxy groups -OCH3 is 1.